The maximum atomic E-state index is 13.3. The molecular weight excluding hydrogens is 515 g/mol. The van der Waals surface area contributed by atoms with Gasteiger partial charge in [-0.2, -0.15) is 13.2 Å². The molecule has 36 heavy (non-hydrogen) atoms. The van der Waals surface area contributed by atoms with E-state index in [-0.39, 0.29) is 11.0 Å². The van der Waals surface area contributed by atoms with E-state index in [1.54, 1.807) is 30.5 Å². The minimum atomic E-state index is -4.67. The molecule has 4 rings (SSSR count). The normalized spacial score (nSPS) is 15.2. The van der Waals surface area contributed by atoms with Crippen molar-refractivity contribution in [2.75, 3.05) is 17.7 Å². The minimum absolute atomic E-state index is 0.223. The van der Waals surface area contributed by atoms with Crippen LogP contribution in [0, 0.1) is 0 Å². The molecule has 6 nitrogen and oxygen atoms in total. The molecular formula is C25H23ClF3N3O3S. The number of thiazole rings is 1. The number of alkyl halides is 3. The monoisotopic (exact) mass is 537 g/mol. The van der Waals surface area contributed by atoms with Gasteiger partial charge in [0.2, 0.25) is 0 Å². The Morgan fingerprint density at radius 3 is 2.39 bits per heavy atom. The molecule has 1 fully saturated rings. The SMILES string of the molecule is COC(=O)C1(c2ncc(-c3ccc(NC(=O)Nc4c(Cl)cccc4C(F)(F)F)cc3)s2)CCCCC1. The second-order valence-corrected chi connectivity index (χ2v) is 9.92. The number of benzene rings is 2. The summed E-state index contributed by atoms with van der Waals surface area (Å²) < 4.78 is 44.9. The number of ether oxygens (including phenoxy) is 1. The number of nitrogens with one attached hydrogen (secondary N) is 2. The van der Waals surface area contributed by atoms with Crippen LogP contribution in [-0.4, -0.2) is 24.1 Å². The van der Waals surface area contributed by atoms with Gasteiger partial charge in [-0.3, -0.25) is 4.79 Å². The van der Waals surface area contributed by atoms with Gasteiger partial charge in [0.25, 0.3) is 0 Å². The molecule has 1 heterocycles. The molecule has 0 aliphatic heterocycles. The summed E-state index contributed by atoms with van der Waals surface area (Å²) in [4.78, 5) is 30.4. The quantitative estimate of drug-likeness (QED) is 0.330. The topological polar surface area (TPSA) is 80.3 Å². The molecule has 11 heteroatoms. The van der Waals surface area contributed by atoms with Gasteiger partial charge in [0.05, 0.1) is 28.3 Å². The number of rotatable bonds is 5. The molecule has 0 atom stereocenters. The van der Waals surface area contributed by atoms with E-state index in [4.69, 9.17) is 16.3 Å². The van der Waals surface area contributed by atoms with Crippen LogP contribution in [0.25, 0.3) is 10.4 Å². The highest BCUT2D eigenvalue weighted by Crippen LogP contribution is 2.44. The van der Waals surface area contributed by atoms with Crippen molar-refractivity contribution in [3.63, 3.8) is 0 Å². The van der Waals surface area contributed by atoms with Crippen LogP contribution in [0.5, 0.6) is 0 Å². The number of halogens is 4. The summed E-state index contributed by atoms with van der Waals surface area (Å²) >= 11 is 7.32. The van der Waals surface area contributed by atoms with E-state index in [1.807, 2.05) is 0 Å². The van der Waals surface area contributed by atoms with E-state index in [1.165, 1.54) is 30.6 Å². The Balaban J connectivity index is 1.48. The maximum absolute atomic E-state index is 13.3. The van der Waals surface area contributed by atoms with Gasteiger partial charge in [0.1, 0.15) is 10.4 Å². The van der Waals surface area contributed by atoms with Crippen LogP contribution in [0.2, 0.25) is 5.02 Å². The molecule has 0 radical (unpaired) electrons. The van der Waals surface area contributed by atoms with Crippen molar-refractivity contribution in [1.29, 1.82) is 0 Å². The number of methoxy groups -OCH3 is 1. The molecule has 1 aliphatic rings. The van der Waals surface area contributed by atoms with Crippen molar-refractivity contribution in [1.82, 2.24) is 4.98 Å². The molecule has 190 valence electrons. The largest absolute Gasteiger partial charge is 0.468 e. The number of hydrogen-bond donors (Lipinski definition) is 2. The first-order chi connectivity index (χ1) is 17.1. The second kappa shape index (κ2) is 10.5. The van der Waals surface area contributed by atoms with Crippen LogP contribution in [0.3, 0.4) is 0 Å². The van der Waals surface area contributed by atoms with Gasteiger partial charge in [0.15, 0.2) is 0 Å². The van der Waals surface area contributed by atoms with Gasteiger partial charge >= 0.3 is 18.2 Å². The Morgan fingerprint density at radius 2 is 1.75 bits per heavy atom. The lowest BCUT2D eigenvalue weighted by molar-refractivity contribution is -0.149. The molecule has 0 unspecified atom stereocenters. The number of amides is 2. The average molecular weight is 538 g/mol. The molecule has 1 saturated carbocycles. The second-order valence-electron chi connectivity index (χ2n) is 8.48. The fourth-order valence-corrected chi connectivity index (χ4v) is 5.74. The predicted octanol–water partition coefficient (Wildman–Crippen LogP) is 7.50. The van der Waals surface area contributed by atoms with Crippen molar-refractivity contribution in [2.24, 2.45) is 0 Å². The van der Waals surface area contributed by atoms with Crippen LogP contribution in [0.4, 0.5) is 29.3 Å². The highest BCUT2D eigenvalue weighted by Gasteiger charge is 2.44. The fraction of sp³-hybridized carbons (Fsp3) is 0.320. The Bertz CT molecular complexity index is 1260. The van der Waals surface area contributed by atoms with Gasteiger partial charge < -0.3 is 15.4 Å². The van der Waals surface area contributed by atoms with Crippen LogP contribution in [0.15, 0.2) is 48.7 Å². The van der Waals surface area contributed by atoms with Crippen molar-refractivity contribution < 1.29 is 27.5 Å². The number of carbonyl (C=O) groups is 2. The number of para-hydroxylation sites is 1. The third kappa shape index (κ3) is 5.34. The van der Waals surface area contributed by atoms with E-state index in [0.29, 0.717) is 18.5 Å². The van der Waals surface area contributed by atoms with Gasteiger partial charge in [0, 0.05) is 11.9 Å². The summed E-state index contributed by atoms with van der Waals surface area (Å²) in [5.41, 5.74) is -1.07. The number of esters is 1. The standard InChI is InChI=1S/C25H23ClF3N3O3S/c1-35-22(33)24(12-3-2-4-13-24)21-30-14-19(36-21)15-8-10-16(11-9-15)31-23(34)32-20-17(25(27,28)29)6-5-7-18(20)26/h5-11,14H,2-4,12-13H2,1H3,(H2,31,32,34). The van der Waals surface area contributed by atoms with Crippen molar-refractivity contribution in [3.05, 3.63) is 64.3 Å². The van der Waals surface area contributed by atoms with E-state index in [9.17, 15) is 22.8 Å². The molecule has 1 aromatic heterocycles. The third-order valence-electron chi connectivity index (χ3n) is 6.18. The van der Waals surface area contributed by atoms with Gasteiger partial charge in [-0.15, -0.1) is 11.3 Å². The van der Waals surface area contributed by atoms with Crippen LogP contribution >= 0.6 is 22.9 Å². The number of hydrogen-bond acceptors (Lipinski definition) is 5. The first kappa shape index (κ1) is 26.0. The van der Waals surface area contributed by atoms with E-state index >= 15 is 0 Å². The molecule has 2 N–H and O–H groups in total. The van der Waals surface area contributed by atoms with Crippen molar-refractivity contribution in [3.8, 4) is 10.4 Å². The molecule has 0 saturated heterocycles. The van der Waals surface area contributed by atoms with Crippen molar-refractivity contribution >= 4 is 46.3 Å². The van der Waals surface area contributed by atoms with Crippen LogP contribution < -0.4 is 10.6 Å². The number of aromatic nitrogens is 1. The zero-order chi connectivity index (χ0) is 25.9. The maximum Gasteiger partial charge on any atom is 0.418 e. The van der Waals surface area contributed by atoms with Gasteiger partial charge in [-0.25, -0.2) is 9.78 Å². The summed E-state index contributed by atoms with van der Waals surface area (Å²) in [6.45, 7) is 0. The predicted molar refractivity (Wildman–Crippen MR) is 133 cm³/mol. The van der Waals surface area contributed by atoms with Crippen molar-refractivity contribution in [2.45, 2.75) is 43.7 Å². The van der Waals surface area contributed by atoms with E-state index in [0.717, 1.165) is 40.8 Å². The molecule has 0 bridgehead atoms. The Morgan fingerprint density at radius 1 is 1.06 bits per heavy atom. The lowest BCUT2D eigenvalue weighted by atomic mass is 9.74. The first-order valence-corrected chi connectivity index (χ1v) is 12.4. The lowest BCUT2D eigenvalue weighted by Crippen LogP contribution is -2.38. The summed E-state index contributed by atoms with van der Waals surface area (Å²) in [5.74, 6) is -0.263. The number of carbonyl (C=O) groups excluding carboxylic acids is 2. The molecule has 2 aromatic carbocycles. The summed E-state index contributed by atoms with van der Waals surface area (Å²) in [7, 11) is 1.39. The zero-order valence-electron chi connectivity index (χ0n) is 19.2. The molecule has 2 amide bonds. The van der Waals surface area contributed by atoms with E-state index in [2.05, 4.69) is 15.6 Å². The minimum Gasteiger partial charge on any atom is -0.468 e. The third-order valence-corrected chi connectivity index (χ3v) is 7.75. The average Bonchev–Trinajstić information content (AvgIpc) is 3.36. The van der Waals surface area contributed by atoms with Crippen LogP contribution in [0.1, 0.15) is 42.7 Å². The summed E-state index contributed by atoms with van der Waals surface area (Å²) in [5, 5.41) is 5.20. The first-order valence-electron chi connectivity index (χ1n) is 11.2. The Hall–Kier alpha value is -3.11. The summed E-state index contributed by atoms with van der Waals surface area (Å²) in [6.07, 6.45) is 1.39. The van der Waals surface area contributed by atoms with E-state index < -0.39 is 28.9 Å². The molecule has 1 aliphatic carbocycles. The van der Waals surface area contributed by atoms with Gasteiger partial charge in [-0.05, 0) is 42.7 Å². The molecule has 0 spiro atoms. The smallest absolute Gasteiger partial charge is 0.418 e. The number of nitrogens with zero attached hydrogens (tertiary/aromatic N) is 1. The van der Waals surface area contributed by atoms with Crippen LogP contribution in [-0.2, 0) is 21.1 Å². The zero-order valence-corrected chi connectivity index (χ0v) is 20.8. The lowest BCUT2D eigenvalue weighted by Gasteiger charge is -2.32. The highest BCUT2D eigenvalue weighted by atomic mass is 35.5. The Labute approximate surface area is 214 Å². The summed E-state index contributed by atoms with van der Waals surface area (Å²) in [6, 6.07) is 9.19. The van der Waals surface area contributed by atoms with Gasteiger partial charge in [-0.1, -0.05) is 49.1 Å². The number of urea groups is 1. The highest BCUT2D eigenvalue weighted by molar-refractivity contribution is 7.15. The fourth-order valence-electron chi connectivity index (χ4n) is 4.37. The Kier molecular flexibility index (Phi) is 7.56. The number of anilines is 2. The molecule has 3 aromatic rings.